The molecule has 0 saturated carbocycles. The zero-order valence-electron chi connectivity index (χ0n) is 7.07. The van der Waals surface area contributed by atoms with E-state index in [1.54, 1.807) is 12.1 Å². The van der Waals surface area contributed by atoms with Gasteiger partial charge in [0.05, 0.1) is 0 Å². The molecule has 0 aromatic heterocycles. The number of para-hydroxylation sites is 1. The van der Waals surface area contributed by atoms with Gasteiger partial charge in [-0.3, -0.25) is 4.79 Å². The number of benzene rings is 1. The van der Waals surface area contributed by atoms with Crippen LogP contribution < -0.4 is 0 Å². The van der Waals surface area contributed by atoms with Gasteiger partial charge in [0.15, 0.2) is 0 Å². The number of phenolic OH excluding ortho intramolecular Hbond substituents is 1. The minimum absolute atomic E-state index is 0.0639. The van der Waals surface area contributed by atoms with E-state index in [0.29, 0.717) is 0 Å². The van der Waals surface area contributed by atoms with E-state index >= 15 is 0 Å². The minimum atomic E-state index is -0.909. The number of carbonyl (C=O) groups is 2. The number of ether oxygens (including phenoxy) is 1. The molecule has 0 unspecified atom stereocenters. The van der Waals surface area contributed by atoms with Crippen molar-refractivity contribution in [1.29, 1.82) is 0 Å². The maximum Gasteiger partial charge on any atom is 0.349 e. The van der Waals surface area contributed by atoms with E-state index in [-0.39, 0.29) is 11.3 Å². The fraction of sp³-hybridized carbons (Fsp3) is 0.111. The number of hydrogen-bond acceptors (Lipinski definition) is 4. The summed E-state index contributed by atoms with van der Waals surface area (Å²) >= 11 is 5.13. The Morgan fingerprint density at radius 2 is 2.00 bits per heavy atom. The monoisotopic (exact) mass is 214 g/mol. The number of rotatable bonds is 2. The first-order valence-corrected chi connectivity index (χ1v) is 4.27. The number of carbonyl (C=O) groups excluding carboxylic acids is 2. The van der Waals surface area contributed by atoms with Gasteiger partial charge in [-0.2, -0.15) is 0 Å². The molecule has 0 saturated heterocycles. The zero-order valence-corrected chi connectivity index (χ0v) is 7.82. The van der Waals surface area contributed by atoms with Gasteiger partial charge < -0.3 is 9.84 Å². The van der Waals surface area contributed by atoms with Crippen LogP contribution in [0.25, 0.3) is 0 Å². The highest BCUT2D eigenvalue weighted by Crippen LogP contribution is 2.16. The van der Waals surface area contributed by atoms with Crippen LogP contribution >= 0.6 is 11.6 Å². The van der Waals surface area contributed by atoms with Crippen molar-refractivity contribution in [2.24, 2.45) is 0 Å². The molecule has 0 aliphatic rings. The molecule has 5 heteroatoms. The highest BCUT2D eigenvalue weighted by molar-refractivity contribution is 6.27. The second kappa shape index (κ2) is 4.62. The molecule has 1 aromatic carbocycles. The molecule has 0 spiro atoms. The molecule has 14 heavy (non-hydrogen) atoms. The van der Waals surface area contributed by atoms with E-state index in [2.05, 4.69) is 4.74 Å². The van der Waals surface area contributed by atoms with Crippen LogP contribution in [0.3, 0.4) is 0 Å². The first-order chi connectivity index (χ1) is 6.65. The van der Waals surface area contributed by atoms with E-state index in [1.165, 1.54) is 12.1 Å². The third-order valence-electron chi connectivity index (χ3n) is 1.44. The maximum absolute atomic E-state index is 11.2. The number of halogens is 1. The molecule has 1 N–H and O–H groups in total. The van der Waals surface area contributed by atoms with Crippen LogP contribution in [0.1, 0.15) is 10.4 Å². The standard InChI is InChI=1S/C9H7ClO4/c10-5-8(12)14-9(13)6-3-1-2-4-7(6)11/h1-4,11H,5H2. The van der Waals surface area contributed by atoms with Gasteiger partial charge in [0, 0.05) is 0 Å². The molecule has 0 amide bonds. The summed E-state index contributed by atoms with van der Waals surface area (Å²) in [7, 11) is 0. The van der Waals surface area contributed by atoms with E-state index in [0.717, 1.165) is 0 Å². The normalized spacial score (nSPS) is 9.50. The predicted octanol–water partition coefficient (Wildman–Crippen LogP) is 1.31. The van der Waals surface area contributed by atoms with Crippen molar-refractivity contribution in [2.45, 2.75) is 0 Å². The number of alkyl halides is 1. The second-order valence-corrected chi connectivity index (χ2v) is 2.68. The van der Waals surface area contributed by atoms with Crippen molar-refractivity contribution in [3.05, 3.63) is 29.8 Å². The van der Waals surface area contributed by atoms with Crippen molar-refractivity contribution < 1.29 is 19.4 Å². The van der Waals surface area contributed by atoms with Crippen LogP contribution in [0.5, 0.6) is 5.75 Å². The minimum Gasteiger partial charge on any atom is -0.507 e. The molecule has 0 radical (unpaired) electrons. The van der Waals surface area contributed by atoms with Crippen LogP contribution in [-0.4, -0.2) is 22.9 Å². The summed E-state index contributed by atoms with van der Waals surface area (Å²) in [5.74, 6) is -2.40. The first-order valence-electron chi connectivity index (χ1n) is 3.74. The fourth-order valence-electron chi connectivity index (χ4n) is 0.832. The maximum atomic E-state index is 11.2. The highest BCUT2D eigenvalue weighted by atomic mass is 35.5. The van der Waals surface area contributed by atoms with Crippen molar-refractivity contribution in [3.63, 3.8) is 0 Å². The molecule has 1 rings (SSSR count). The topological polar surface area (TPSA) is 63.6 Å². The lowest BCUT2D eigenvalue weighted by Crippen LogP contribution is -2.13. The highest BCUT2D eigenvalue weighted by Gasteiger charge is 2.14. The Bertz CT molecular complexity index is 362. The van der Waals surface area contributed by atoms with Crippen molar-refractivity contribution in [3.8, 4) is 5.75 Å². The molecular weight excluding hydrogens is 208 g/mol. The molecule has 0 atom stereocenters. The lowest BCUT2D eigenvalue weighted by Gasteiger charge is -2.02. The Kier molecular flexibility index (Phi) is 3.48. The summed E-state index contributed by atoms with van der Waals surface area (Å²) in [4.78, 5) is 21.8. The SMILES string of the molecule is O=C(CCl)OC(=O)c1ccccc1O. The van der Waals surface area contributed by atoms with E-state index in [9.17, 15) is 14.7 Å². The smallest absolute Gasteiger partial charge is 0.349 e. The fourth-order valence-corrected chi connectivity index (χ4v) is 0.886. The summed E-state index contributed by atoms with van der Waals surface area (Å²) in [6.07, 6.45) is 0. The molecule has 4 nitrogen and oxygen atoms in total. The van der Waals surface area contributed by atoms with Crippen LogP contribution in [0.4, 0.5) is 0 Å². The number of phenols is 1. The molecule has 74 valence electrons. The molecule has 0 bridgehead atoms. The van der Waals surface area contributed by atoms with E-state index in [4.69, 9.17) is 11.6 Å². The molecule has 0 fully saturated rings. The number of esters is 2. The predicted molar refractivity (Wildman–Crippen MR) is 49.2 cm³/mol. The lowest BCUT2D eigenvalue weighted by atomic mass is 10.2. The van der Waals surface area contributed by atoms with Crippen LogP contribution in [-0.2, 0) is 9.53 Å². The average Bonchev–Trinajstić information content (AvgIpc) is 2.18. The van der Waals surface area contributed by atoms with E-state index < -0.39 is 17.8 Å². The second-order valence-electron chi connectivity index (χ2n) is 2.41. The Hall–Kier alpha value is -1.55. The summed E-state index contributed by atoms with van der Waals surface area (Å²) in [6, 6.07) is 5.76. The molecule has 1 aromatic rings. The average molecular weight is 215 g/mol. The molecule has 0 aliphatic carbocycles. The van der Waals surface area contributed by atoms with Crippen molar-refractivity contribution in [2.75, 3.05) is 5.88 Å². The molecule has 0 aliphatic heterocycles. The summed E-state index contributed by atoms with van der Waals surface area (Å²) < 4.78 is 4.30. The quantitative estimate of drug-likeness (QED) is 0.458. The van der Waals surface area contributed by atoms with Gasteiger partial charge in [-0.25, -0.2) is 4.79 Å². The Labute approximate surface area is 85.1 Å². The van der Waals surface area contributed by atoms with E-state index in [1.807, 2.05) is 0 Å². The molecule has 0 heterocycles. The lowest BCUT2D eigenvalue weighted by molar-refractivity contribution is -0.135. The van der Waals surface area contributed by atoms with Crippen LogP contribution in [0.2, 0.25) is 0 Å². The van der Waals surface area contributed by atoms with Gasteiger partial charge in [-0.1, -0.05) is 12.1 Å². The van der Waals surface area contributed by atoms with Gasteiger partial charge in [-0.15, -0.1) is 11.6 Å². The summed E-state index contributed by atoms with van der Waals surface area (Å²) in [6.45, 7) is 0. The van der Waals surface area contributed by atoms with Crippen LogP contribution in [0, 0.1) is 0 Å². The van der Waals surface area contributed by atoms with Gasteiger partial charge in [0.1, 0.15) is 17.2 Å². The molecular formula is C9H7ClO4. The number of hydrogen-bond donors (Lipinski definition) is 1. The van der Waals surface area contributed by atoms with Crippen LogP contribution in [0.15, 0.2) is 24.3 Å². The third-order valence-corrected chi connectivity index (χ3v) is 1.66. The summed E-state index contributed by atoms with van der Waals surface area (Å²) in [5, 5.41) is 9.22. The Morgan fingerprint density at radius 3 is 2.57 bits per heavy atom. The van der Waals surface area contributed by atoms with Gasteiger partial charge in [-0.05, 0) is 12.1 Å². The number of aromatic hydroxyl groups is 1. The third kappa shape index (κ3) is 2.47. The van der Waals surface area contributed by atoms with Gasteiger partial charge in [0.25, 0.3) is 0 Å². The first kappa shape index (κ1) is 10.5. The Balaban J connectivity index is 2.80. The van der Waals surface area contributed by atoms with Gasteiger partial charge >= 0.3 is 11.9 Å². The van der Waals surface area contributed by atoms with Gasteiger partial charge in [0.2, 0.25) is 0 Å². The largest absolute Gasteiger partial charge is 0.507 e. The van der Waals surface area contributed by atoms with Crippen molar-refractivity contribution >= 4 is 23.5 Å². The Morgan fingerprint density at radius 1 is 1.36 bits per heavy atom. The zero-order chi connectivity index (χ0) is 10.6. The summed E-state index contributed by atoms with van der Waals surface area (Å²) in [5.41, 5.74) is -0.0639. The van der Waals surface area contributed by atoms with Crippen molar-refractivity contribution in [1.82, 2.24) is 0 Å².